The summed E-state index contributed by atoms with van der Waals surface area (Å²) in [5.74, 6) is -0.0998. The van der Waals surface area contributed by atoms with E-state index in [1.807, 2.05) is 20.8 Å². The Morgan fingerprint density at radius 1 is 1.32 bits per heavy atom. The molecule has 0 heterocycles. The van der Waals surface area contributed by atoms with Crippen LogP contribution in [0.1, 0.15) is 52.9 Å². The molecule has 0 radical (unpaired) electrons. The molecule has 0 spiro atoms. The van der Waals surface area contributed by atoms with Crippen molar-refractivity contribution in [3.63, 3.8) is 0 Å². The molecule has 1 saturated carbocycles. The number of carbonyl (C=O) groups excluding carboxylic acids is 1. The molecule has 110 valence electrons. The average Bonchev–Trinajstić information content (AvgIpc) is 2.97. The molecule has 5 heteroatoms. The monoisotopic (exact) mass is 270 g/mol. The third-order valence-corrected chi connectivity index (χ3v) is 3.15. The second-order valence-corrected chi connectivity index (χ2v) is 6.69. The molecule has 3 N–H and O–H groups in total. The first-order chi connectivity index (χ1) is 8.76. The molecular weight excluding hydrogens is 244 g/mol. The number of rotatable bonds is 7. The maximum absolute atomic E-state index is 11.7. The summed E-state index contributed by atoms with van der Waals surface area (Å²) in [6.45, 7) is 6.78. The van der Waals surface area contributed by atoms with E-state index in [2.05, 4.69) is 10.6 Å². The molecule has 0 saturated heterocycles. The zero-order valence-electron chi connectivity index (χ0n) is 12.2. The predicted octanol–water partition coefficient (Wildman–Crippen LogP) is 2.37. The molecule has 1 atom stereocenters. The highest BCUT2D eigenvalue weighted by Gasteiger charge is 2.23. The Morgan fingerprint density at radius 2 is 1.95 bits per heavy atom. The van der Waals surface area contributed by atoms with Crippen LogP contribution in [0.2, 0.25) is 0 Å². The molecule has 1 fully saturated rings. The number of nitrogens with one attached hydrogen (secondary N) is 2. The molecule has 0 bridgehead atoms. The van der Waals surface area contributed by atoms with Gasteiger partial charge in [0.25, 0.3) is 0 Å². The van der Waals surface area contributed by atoms with E-state index in [9.17, 15) is 9.59 Å². The Bertz CT molecular complexity index is 319. The van der Waals surface area contributed by atoms with Crippen LogP contribution in [0.3, 0.4) is 0 Å². The summed E-state index contributed by atoms with van der Waals surface area (Å²) in [4.78, 5) is 22.5. The highest BCUT2D eigenvalue weighted by molar-refractivity contribution is 5.75. The minimum Gasteiger partial charge on any atom is -0.481 e. The van der Waals surface area contributed by atoms with Gasteiger partial charge in [-0.25, -0.2) is 4.79 Å². The molecule has 2 amide bonds. The Labute approximate surface area is 115 Å². The van der Waals surface area contributed by atoms with Crippen LogP contribution in [-0.4, -0.2) is 29.7 Å². The summed E-state index contributed by atoms with van der Waals surface area (Å²) < 4.78 is 0. The van der Waals surface area contributed by atoms with Crippen molar-refractivity contribution in [1.29, 1.82) is 0 Å². The van der Waals surface area contributed by atoms with Gasteiger partial charge in [0.05, 0.1) is 6.42 Å². The number of carboxylic acids is 1. The number of amides is 2. The van der Waals surface area contributed by atoms with Crippen LogP contribution < -0.4 is 10.6 Å². The maximum Gasteiger partial charge on any atom is 0.315 e. The van der Waals surface area contributed by atoms with E-state index in [0.29, 0.717) is 13.0 Å². The van der Waals surface area contributed by atoms with Gasteiger partial charge >= 0.3 is 12.0 Å². The molecule has 1 rings (SSSR count). The summed E-state index contributed by atoms with van der Waals surface area (Å²) in [7, 11) is 0. The third kappa shape index (κ3) is 8.46. The summed E-state index contributed by atoms with van der Waals surface area (Å²) in [5.41, 5.74) is -0.0125. The van der Waals surface area contributed by atoms with Crippen molar-refractivity contribution >= 4 is 12.0 Å². The third-order valence-electron chi connectivity index (χ3n) is 3.15. The van der Waals surface area contributed by atoms with Gasteiger partial charge in [-0.15, -0.1) is 0 Å². The Balaban J connectivity index is 2.31. The molecule has 1 unspecified atom stereocenters. The molecule has 0 aliphatic heterocycles. The summed E-state index contributed by atoms with van der Waals surface area (Å²) >= 11 is 0. The fourth-order valence-corrected chi connectivity index (χ4v) is 2.16. The molecule has 0 aromatic carbocycles. The first-order valence-corrected chi connectivity index (χ1v) is 7.02. The number of carbonyl (C=O) groups is 2. The highest BCUT2D eigenvalue weighted by atomic mass is 16.4. The van der Waals surface area contributed by atoms with Crippen molar-refractivity contribution in [2.24, 2.45) is 11.3 Å². The van der Waals surface area contributed by atoms with Crippen molar-refractivity contribution in [3.05, 3.63) is 0 Å². The van der Waals surface area contributed by atoms with Gasteiger partial charge in [-0.05, 0) is 24.2 Å². The second kappa shape index (κ2) is 6.78. The van der Waals surface area contributed by atoms with Crippen molar-refractivity contribution in [3.8, 4) is 0 Å². The average molecular weight is 270 g/mol. The molecule has 0 aromatic rings. The number of aliphatic carboxylic acids is 1. The first-order valence-electron chi connectivity index (χ1n) is 7.02. The Kier molecular flexibility index (Phi) is 5.63. The zero-order valence-corrected chi connectivity index (χ0v) is 12.2. The van der Waals surface area contributed by atoms with Crippen LogP contribution in [0.5, 0.6) is 0 Å². The van der Waals surface area contributed by atoms with Gasteiger partial charge in [-0.1, -0.05) is 33.6 Å². The van der Waals surface area contributed by atoms with Gasteiger partial charge in [0, 0.05) is 12.6 Å². The van der Waals surface area contributed by atoms with E-state index in [1.165, 1.54) is 12.8 Å². The van der Waals surface area contributed by atoms with E-state index in [1.54, 1.807) is 0 Å². The molecule has 19 heavy (non-hydrogen) atoms. The van der Waals surface area contributed by atoms with Crippen LogP contribution in [-0.2, 0) is 4.79 Å². The maximum atomic E-state index is 11.7. The normalized spacial score (nSPS) is 16.8. The van der Waals surface area contributed by atoms with E-state index in [-0.39, 0.29) is 23.9 Å². The van der Waals surface area contributed by atoms with Gasteiger partial charge < -0.3 is 15.7 Å². The van der Waals surface area contributed by atoms with E-state index < -0.39 is 5.97 Å². The van der Waals surface area contributed by atoms with Crippen molar-refractivity contribution in [2.75, 3.05) is 6.54 Å². The molecule has 0 aromatic heterocycles. The summed E-state index contributed by atoms with van der Waals surface area (Å²) in [5, 5.41) is 14.4. The van der Waals surface area contributed by atoms with Crippen molar-refractivity contribution in [1.82, 2.24) is 10.6 Å². The van der Waals surface area contributed by atoms with Gasteiger partial charge in [-0.3, -0.25) is 4.79 Å². The summed E-state index contributed by atoms with van der Waals surface area (Å²) in [6.07, 6.45) is 4.18. The number of carboxylic acid groups (broad SMARTS) is 1. The van der Waals surface area contributed by atoms with Gasteiger partial charge in [0.1, 0.15) is 0 Å². The lowest BCUT2D eigenvalue weighted by Crippen LogP contribution is -2.44. The van der Waals surface area contributed by atoms with Crippen LogP contribution in [0, 0.1) is 11.3 Å². The lowest BCUT2D eigenvalue weighted by molar-refractivity contribution is -0.137. The highest BCUT2D eigenvalue weighted by Crippen LogP contribution is 2.31. The molecule has 1 aliphatic carbocycles. The zero-order chi connectivity index (χ0) is 14.5. The Hall–Kier alpha value is -1.26. The van der Waals surface area contributed by atoms with E-state index in [4.69, 9.17) is 5.11 Å². The van der Waals surface area contributed by atoms with E-state index >= 15 is 0 Å². The van der Waals surface area contributed by atoms with Gasteiger partial charge in [0.2, 0.25) is 0 Å². The van der Waals surface area contributed by atoms with Crippen LogP contribution >= 0.6 is 0 Å². The fourth-order valence-electron chi connectivity index (χ4n) is 2.16. The largest absolute Gasteiger partial charge is 0.481 e. The standard InChI is InChI=1S/C14H26N2O3/c1-14(2,3)9-11(8-12(17)18)16-13(19)15-7-6-10-4-5-10/h10-11H,4-9H2,1-3H3,(H,17,18)(H2,15,16,19). The number of hydrogen-bond donors (Lipinski definition) is 3. The lowest BCUT2D eigenvalue weighted by atomic mass is 9.87. The quantitative estimate of drug-likeness (QED) is 0.664. The molecule has 5 nitrogen and oxygen atoms in total. The summed E-state index contributed by atoms with van der Waals surface area (Å²) in [6, 6.07) is -0.574. The number of urea groups is 1. The first kappa shape index (κ1) is 15.8. The van der Waals surface area contributed by atoms with Crippen LogP contribution in [0.25, 0.3) is 0 Å². The minimum atomic E-state index is -0.882. The van der Waals surface area contributed by atoms with Crippen molar-refractivity contribution < 1.29 is 14.7 Å². The van der Waals surface area contributed by atoms with Crippen LogP contribution in [0.4, 0.5) is 4.79 Å². The van der Waals surface area contributed by atoms with E-state index in [0.717, 1.165) is 12.3 Å². The lowest BCUT2D eigenvalue weighted by Gasteiger charge is -2.25. The minimum absolute atomic E-state index is 0.0125. The second-order valence-electron chi connectivity index (χ2n) is 6.69. The van der Waals surface area contributed by atoms with Crippen molar-refractivity contribution in [2.45, 2.75) is 58.9 Å². The smallest absolute Gasteiger partial charge is 0.315 e. The van der Waals surface area contributed by atoms with Gasteiger partial charge in [0.15, 0.2) is 0 Å². The molecule has 1 aliphatic rings. The molecular formula is C14H26N2O3. The topological polar surface area (TPSA) is 78.4 Å². The van der Waals surface area contributed by atoms with Gasteiger partial charge in [-0.2, -0.15) is 0 Å². The SMILES string of the molecule is CC(C)(C)CC(CC(=O)O)NC(=O)NCCC1CC1. The Morgan fingerprint density at radius 3 is 2.42 bits per heavy atom. The predicted molar refractivity (Wildman–Crippen MR) is 74.0 cm³/mol. The van der Waals surface area contributed by atoms with Crippen LogP contribution in [0.15, 0.2) is 0 Å². The number of hydrogen-bond acceptors (Lipinski definition) is 2. The fraction of sp³-hybridized carbons (Fsp3) is 0.857.